The van der Waals surface area contributed by atoms with Crippen LogP contribution in [0.3, 0.4) is 0 Å². The van der Waals surface area contributed by atoms with Gasteiger partial charge in [-0.1, -0.05) is 13.8 Å². The molecule has 2 aromatic rings. The number of halogens is 1. The Morgan fingerprint density at radius 2 is 2.10 bits per heavy atom. The monoisotopic (exact) mass is 369 g/mol. The van der Waals surface area contributed by atoms with E-state index in [4.69, 9.17) is 9.47 Å². The van der Waals surface area contributed by atoms with Crippen LogP contribution in [0.4, 0.5) is 0 Å². The molecule has 0 fully saturated rings. The molecule has 0 radical (unpaired) electrons. The van der Waals surface area contributed by atoms with E-state index in [0.29, 0.717) is 12.6 Å². The summed E-state index contributed by atoms with van der Waals surface area (Å²) in [6, 6.07) is 8.43. The van der Waals surface area contributed by atoms with Crippen molar-refractivity contribution in [1.82, 2.24) is 5.32 Å². The summed E-state index contributed by atoms with van der Waals surface area (Å²) in [5, 5.41) is 5.48. The molecule has 21 heavy (non-hydrogen) atoms. The number of thiophene rings is 1. The van der Waals surface area contributed by atoms with Crippen LogP contribution in [0.1, 0.15) is 24.3 Å². The molecule has 0 unspecified atom stereocenters. The second kappa shape index (κ2) is 7.82. The van der Waals surface area contributed by atoms with E-state index in [-0.39, 0.29) is 0 Å². The maximum atomic E-state index is 5.96. The van der Waals surface area contributed by atoms with E-state index < -0.39 is 0 Å². The van der Waals surface area contributed by atoms with Gasteiger partial charge in [0.1, 0.15) is 18.1 Å². The molecular formula is C16H20BrNO2S. The topological polar surface area (TPSA) is 30.5 Å². The van der Waals surface area contributed by atoms with Gasteiger partial charge in [-0.15, -0.1) is 11.3 Å². The van der Waals surface area contributed by atoms with Crippen LogP contribution in [-0.2, 0) is 13.2 Å². The van der Waals surface area contributed by atoms with E-state index >= 15 is 0 Å². The zero-order chi connectivity index (χ0) is 15.2. The van der Waals surface area contributed by atoms with E-state index in [0.717, 1.165) is 28.1 Å². The zero-order valence-corrected chi connectivity index (χ0v) is 14.9. The van der Waals surface area contributed by atoms with Crippen LogP contribution >= 0.6 is 27.3 Å². The van der Waals surface area contributed by atoms with E-state index in [9.17, 15) is 0 Å². The summed E-state index contributed by atoms with van der Waals surface area (Å²) in [7, 11) is 1.68. The van der Waals surface area contributed by atoms with Crippen LogP contribution in [0.15, 0.2) is 34.1 Å². The summed E-state index contributed by atoms with van der Waals surface area (Å²) in [5.74, 6) is 1.75. The second-order valence-corrected chi connectivity index (χ2v) is 6.94. The fourth-order valence-corrected chi connectivity index (χ4v) is 3.22. The molecule has 0 aliphatic rings. The Morgan fingerprint density at radius 3 is 2.71 bits per heavy atom. The molecule has 3 nitrogen and oxygen atoms in total. The lowest BCUT2D eigenvalue weighted by molar-refractivity contribution is 0.304. The molecule has 1 N–H and O–H groups in total. The molecule has 0 spiro atoms. The lowest BCUT2D eigenvalue weighted by atomic mass is 10.1. The highest BCUT2D eigenvalue weighted by Crippen LogP contribution is 2.27. The van der Waals surface area contributed by atoms with Crippen LogP contribution in [-0.4, -0.2) is 13.2 Å². The Kier molecular flexibility index (Phi) is 6.08. The van der Waals surface area contributed by atoms with Gasteiger partial charge in [0, 0.05) is 32.9 Å². The predicted octanol–water partition coefficient (Wildman–Crippen LogP) is 4.60. The van der Waals surface area contributed by atoms with E-state index in [1.54, 1.807) is 18.4 Å². The molecule has 0 amide bonds. The molecular weight excluding hydrogens is 350 g/mol. The first kappa shape index (κ1) is 16.3. The summed E-state index contributed by atoms with van der Waals surface area (Å²) in [5.41, 5.74) is 1.11. The molecule has 1 aromatic carbocycles. The van der Waals surface area contributed by atoms with Gasteiger partial charge in [-0.2, -0.15) is 0 Å². The van der Waals surface area contributed by atoms with Crippen molar-refractivity contribution in [3.05, 3.63) is 44.6 Å². The van der Waals surface area contributed by atoms with E-state index in [1.165, 1.54) is 4.88 Å². The average Bonchev–Trinajstić information content (AvgIpc) is 2.88. The van der Waals surface area contributed by atoms with Crippen molar-refractivity contribution in [3.8, 4) is 11.5 Å². The lowest BCUT2D eigenvalue weighted by Crippen LogP contribution is -2.22. The van der Waals surface area contributed by atoms with E-state index in [1.807, 2.05) is 18.2 Å². The fraction of sp³-hybridized carbons (Fsp3) is 0.375. The Balaban J connectivity index is 2.09. The van der Waals surface area contributed by atoms with Gasteiger partial charge < -0.3 is 14.8 Å². The first-order valence-electron chi connectivity index (χ1n) is 6.84. The second-order valence-electron chi connectivity index (χ2n) is 5.03. The third kappa shape index (κ3) is 5.02. The highest BCUT2D eigenvalue weighted by molar-refractivity contribution is 9.10. The van der Waals surface area contributed by atoms with Gasteiger partial charge in [0.2, 0.25) is 0 Å². The van der Waals surface area contributed by atoms with Crippen molar-refractivity contribution in [3.63, 3.8) is 0 Å². The quantitative estimate of drug-likeness (QED) is 0.773. The zero-order valence-electron chi connectivity index (χ0n) is 12.5. The maximum absolute atomic E-state index is 5.96. The minimum absolute atomic E-state index is 0.428. The largest absolute Gasteiger partial charge is 0.497 e. The minimum atomic E-state index is 0.428. The molecule has 0 bridgehead atoms. The molecule has 0 aliphatic heterocycles. The van der Waals surface area contributed by atoms with Gasteiger partial charge in [-0.3, -0.25) is 0 Å². The smallest absolute Gasteiger partial charge is 0.124 e. The molecule has 0 atom stereocenters. The molecule has 5 heteroatoms. The molecule has 0 saturated carbocycles. The number of nitrogens with one attached hydrogen (secondary N) is 1. The first-order valence-corrected chi connectivity index (χ1v) is 8.51. The standard InChI is InChI=1S/C16H20BrNO2S/c1-11(2)18-8-12-6-14(19-3)4-5-16(12)20-9-15-7-13(17)10-21-15/h4-7,10-11,18H,8-9H2,1-3H3. The number of hydrogen-bond acceptors (Lipinski definition) is 4. The van der Waals surface area contributed by atoms with E-state index in [2.05, 4.69) is 46.5 Å². The Hall–Kier alpha value is -1.04. The lowest BCUT2D eigenvalue weighted by Gasteiger charge is -2.14. The van der Waals surface area contributed by atoms with Crippen molar-refractivity contribution in [2.75, 3.05) is 7.11 Å². The molecule has 0 aliphatic carbocycles. The molecule has 114 valence electrons. The molecule has 2 rings (SSSR count). The first-order chi connectivity index (χ1) is 10.1. The predicted molar refractivity (Wildman–Crippen MR) is 91.3 cm³/mol. The van der Waals surface area contributed by atoms with Gasteiger partial charge in [0.25, 0.3) is 0 Å². The Bertz CT molecular complexity index is 583. The van der Waals surface area contributed by atoms with Gasteiger partial charge in [0.05, 0.1) is 7.11 Å². The Morgan fingerprint density at radius 1 is 1.29 bits per heavy atom. The van der Waals surface area contributed by atoms with Crippen LogP contribution in [0.25, 0.3) is 0 Å². The van der Waals surface area contributed by atoms with Crippen molar-refractivity contribution >= 4 is 27.3 Å². The SMILES string of the molecule is COc1ccc(OCc2cc(Br)cs2)c(CNC(C)C)c1. The number of hydrogen-bond donors (Lipinski definition) is 1. The summed E-state index contributed by atoms with van der Waals surface area (Å²) in [4.78, 5) is 1.19. The summed E-state index contributed by atoms with van der Waals surface area (Å²) in [6.07, 6.45) is 0. The summed E-state index contributed by atoms with van der Waals surface area (Å²) in [6.45, 7) is 5.60. The van der Waals surface area contributed by atoms with Crippen LogP contribution in [0.5, 0.6) is 11.5 Å². The minimum Gasteiger partial charge on any atom is -0.497 e. The third-order valence-electron chi connectivity index (χ3n) is 2.96. The average molecular weight is 370 g/mol. The maximum Gasteiger partial charge on any atom is 0.124 e. The number of benzene rings is 1. The van der Waals surface area contributed by atoms with Gasteiger partial charge in [0.15, 0.2) is 0 Å². The van der Waals surface area contributed by atoms with Crippen LogP contribution < -0.4 is 14.8 Å². The molecule has 1 heterocycles. The number of methoxy groups -OCH3 is 1. The van der Waals surface area contributed by atoms with Gasteiger partial charge in [-0.25, -0.2) is 0 Å². The summed E-state index contributed by atoms with van der Waals surface area (Å²) < 4.78 is 12.4. The van der Waals surface area contributed by atoms with Crippen LogP contribution in [0.2, 0.25) is 0 Å². The summed E-state index contributed by atoms with van der Waals surface area (Å²) >= 11 is 5.15. The normalized spacial score (nSPS) is 10.9. The highest BCUT2D eigenvalue weighted by Gasteiger charge is 2.08. The number of ether oxygens (including phenoxy) is 2. The molecule has 1 aromatic heterocycles. The fourth-order valence-electron chi connectivity index (χ4n) is 1.85. The Labute approximate surface area is 138 Å². The number of rotatable bonds is 7. The van der Waals surface area contributed by atoms with Crippen LogP contribution in [0, 0.1) is 0 Å². The van der Waals surface area contributed by atoms with Gasteiger partial charge in [-0.05, 0) is 40.2 Å². The molecule has 0 saturated heterocycles. The van der Waals surface area contributed by atoms with Gasteiger partial charge >= 0.3 is 0 Å². The third-order valence-corrected chi connectivity index (χ3v) is 4.63. The van der Waals surface area contributed by atoms with Crippen molar-refractivity contribution in [2.24, 2.45) is 0 Å². The van der Waals surface area contributed by atoms with Crippen molar-refractivity contribution in [2.45, 2.75) is 33.0 Å². The highest BCUT2D eigenvalue weighted by atomic mass is 79.9. The van der Waals surface area contributed by atoms with Crippen molar-refractivity contribution < 1.29 is 9.47 Å². The van der Waals surface area contributed by atoms with Crippen molar-refractivity contribution in [1.29, 1.82) is 0 Å².